The standard InChI is InChI=1S/C16H12F3NO2S/c1-8-4-5-9(7-10(8)16(17,18)19)12-13(21)14(22-15(12)20)11-3-2-6-23-11/h2-7,14H,20H2,1H3. The Morgan fingerprint density at radius 1 is 1.26 bits per heavy atom. The van der Waals surface area contributed by atoms with Gasteiger partial charge in [0.1, 0.15) is 0 Å². The van der Waals surface area contributed by atoms with Gasteiger partial charge in [-0.1, -0.05) is 18.2 Å². The fraction of sp³-hybridized carbons (Fsp3) is 0.188. The van der Waals surface area contributed by atoms with Crippen LogP contribution in [0.4, 0.5) is 13.2 Å². The second kappa shape index (κ2) is 5.42. The number of rotatable bonds is 2. The molecule has 0 amide bonds. The van der Waals surface area contributed by atoms with Gasteiger partial charge in [0.25, 0.3) is 0 Å². The van der Waals surface area contributed by atoms with Gasteiger partial charge in [0.2, 0.25) is 5.78 Å². The topological polar surface area (TPSA) is 52.3 Å². The maximum absolute atomic E-state index is 13.0. The number of hydrogen-bond donors (Lipinski definition) is 1. The molecular weight excluding hydrogens is 327 g/mol. The molecule has 2 heterocycles. The van der Waals surface area contributed by atoms with Gasteiger partial charge in [0.15, 0.2) is 12.0 Å². The van der Waals surface area contributed by atoms with E-state index in [-0.39, 0.29) is 22.6 Å². The molecule has 23 heavy (non-hydrogen) atoms. The van der Waals surface area contributed by atoms with Crippen molar-refractivity contribution in [1.82, 2.24) is 0 Å². The van der Waals surface area contributed by atoms with Crippen LogP contribution in [0.3, 0.4) is 0 Å². The molecule has 3 nitrogen and oxygen atoms in total. The Bertz CT molecular complexity index is 794. The van der Waals surface area contributed by atoms with E-state index in [9.17, 15) is 18.0 Å². The lowest BCUT2D eigenvalue weighted by atomic mass is 9.96. The number of Topliss-reactive ketones (excluding diaryl/α,β-unsaturated/α-hetero) is 1. The highest BCUT2D eigenvalue weighted by molar-refractivity contribution is 7.10. The van der Waals surface area contributed by atoms with Crippen LogP contribution in [0.15, 0.2) is 41.6 Å². The van der Waals surface area contributed by atoms with Crippen molar-refractivity contribution >= 4 is 22.7 Å². The Labute approximate surface area is 134 Å². The van der Waals surface area contributed by atoms with Crippen LogP contribution in [-0.4, -0.2) is 5.78 Å². The summed E-state index contributed by atoms with van der Waals surface area (Å²) in [6.45, 7) is 1.37. The van der Waals surface area contributed by atoms with Crippen molar-refractivity contribution in [1.29, 1.82) is 0 Å². The van der Waals surface area contributed by atoms with Crippen molar-refractivity contribution in [3.05, 3.63) is 63.2 Å². The average Bonchev–Trinajstić information content (AvgIpc) is 3.07. The maximum atomic E-state index is 13.0. The van der Waals surface area contributed by atoms with E-state index in [4.69, 9.17) is 10.5 Å². The monoisotopic (exact) mass is 339 g/mol. The molecule has 1 aromatic carbocycles. The summed E-state index contributed by atoms with van der Waals surface area (Å²) in [5.41, 5.74) is 5.16. The SMILES string of the molecule is Cc1ccc(C2=C(N)OC(c3cccs3)C2=O)cc1C(F)(F)F. The lowest BCUT2D eigenvalue weighted by Gasteiger charge is -2.12. The van der Waals surface area contributed by atoms with Gasteiger partial charge < -0.3 is 10.5 Å². The number of thiophene rings is 1. The summed E-state index contributed by atoms with van der Waals surface area (Å²) in [6, 6.07) is 7.20. The number of benzene rings is 1. The molecule has 0 saturated carbocycles. The fourth-order valence-corrected chi connectivity index (χ4v) is 3.24. The van der Waals surface area contributed by atoms with E-state index in [1.165, 1.54) is 30.4 Å². The normalized spacial score (nSPS) is 18.4. The summed E-state index contributed by atoms with van der Waals surface area (Å²) in [5.74, 6) is -0.577. The van der Waals surface area contributed by atoms with Crippen molar-refractivity contribution in [2.45, 2.75) is 19.2 Å². The number of nitrogens with two attached hydrogens (primary N) is 1. The van der Waals surface area contributed by atoms with Crippen molar-refractivity contribution < 1.29 is 22.7 Å². The third kappa shape index (κ3) is 2.72. The average molecular weight is 339 g/mol. The molecular formula is C16H12F3NO2S. The molecule has 120 valence electrons. The number of carbonyl (C=O) groups excluding carboxylic acids is 1. The summed E-state index contributed by atoms with van der Waals surface area (Å²) >= 11 is 1.33. The smallest absolute Gasteiger partial charge is 0.416 e. The fourth-order valence-electron chi connectivity index (χ4n) is 2.49. The van der Waals surface area contributed by atoms with Gasteiger partial charge in [-0.3, -0.25) is 4.79 Å². The van der Waals surface area contributed by atoms with Gasteiger partial charge >= 0.3 is 6.18 Å². The molecule has 2 aromatic rings. The number of alkyl halides is 3. The van der Waals surface area contributed by atoms with Crippen molar-refractivity contribution in [2.75, 3.05) is 0 Å². The van der Waals surface area contributed by atoms with Crippen LogP contribution < -0.4 is 5.73 Å². The predicted molar refractivity (Wildman–Crippen MR) is 80.4 cm³/mol. The highest BCUT2D eigenvalue weighted by Crippen LogP contribution is 2.40. The van der Waals surface area contributed by atoms with Gasteiger partial charge in [-0.15, -0.1) is 11.3 Å². The largest absolute Gasteiger partial charge is 0.461 e. The quantitative estimate of drug-likeness (QED) is 0.898. The van der Waals surface area contributed by atoms with Crippen LogP contribution in [0, 0.1) is 6.92 Å². The molecule has 0 radical (unpaired) electrons. The molecule has 1 atom stereocenters. The van der Waals surface area contributed by atoms with Gasteiger partial charge in [-0.25, -0.2) is 0 Å². The van der Waals surface area contributed by atoms with E-state index in [0.717, 1.165) is 6.07 Å². The lowest BCUT2D eigenvalue weighted by molar-refractivity contribution is -0.138. The van der Waals surface area contributed by atoms with E-state index in [2.05, 4.69) is 0 Å². The van der Waals surface area contributed by atoms with E-state index >= 15 is 0 Å². The van der Waals surface area contributed by atoms with Crippen molar-refractivity contribution in [3.63, 3.8) is 0 Å². The Morgan fingerprint density at radius 3 is 2.61 bits per heavy atom. The highest BCUT2D eigenvalue weighted by atomic mass is 32.1. The Kier molecular flexibility index (Phi) is 3.68. The lowest BCUT2D eigenvalue weighted by Crippen LogP contribution is -2.10. The summed E-state index contributed by atoms with van der Waals surface area (Å²) in [4.78, 5) is 13.2. The van der Waals surface area contributed by atoms with Gasteiger partial charge in [-0.05, 0) is 35.6 Å². The Balaban J connectivity index is 2.02. The van der Waals surface area contributed by atoms with Crippen LogP contribution in [0.5, 0.6) is 0 Å². The molecule has 1 aliphatic heterocycles. The van der Waals surface area contributed by atoms with E-state index in [0.29, 0.717) is 4.88 Å². The Hall–Kier alpha value is -2.28. The molecule has 2 N–H and O–H groups in total. The molecule has 0 fully saturated rings. The van der Waals surface area contributed by atoms with Crippen LogP contribution in [0.1, 0.15) is 27.7 Å². The summed E-state index contributed by atoms with van der Waals surface area (Å²) in [7, 11) is 0. The Morgan fingerprint density at radius 2 is 2.00 bits per heavy atom. The molecule has 7 heteroatoms. The minimum atomic E-state index is -4.49. The van der Waals surface area contributed by atoms with Crippen LogP contribution in [0.25, 0.3) is 5.57 Å². The van der Waals surface area contributed by atoms with Crippen LogP contribution >= 0.6 is 11.3 Å². The van der Waals surface area contributed by atoms with Gasteiger partial charge in [0, 0.05) is 0 Å². The van der Waals surface area contributed by atoms with Crippen molar-refractivity contribution in [3.8, 4) is 0 Å². The number of ketones is 1. The number of carbonyl (C=O) groups is 1. The van der Waals surface area contributed by atoms with E-state index in [1.54, 1.807) is 17.5 Å². The zero-order valence-electron chi connectivity index (χ0n) is 12.0. The van der Waals surface area contributed by atoms with E-state index < -0.39 is 23.6 Å². The first-order chi connectivity index (χ1) is 10.8. The molecule has 0 spiro atoms. The summed E-state index contributed by atoms with van der Waals surface area (Å²) < 4.78 is 44.5. The molecule has 0 saturated heterocycles. The highest BCUT2D eigenvalue weighted by Gasteiger charge is 2.38. The zero-order valence-corrected chi connectivity index (χ0v) is 12.8. The van der Waals surface area contributed by atoms with Crippen LogP contribution in [-0.2, 0) is 15.7 Å². The second-order valence-corrected chi connectivity index (χ2v) is 6.12. The van der Waals surface area contributed by atoms with Crippen molar-refractivity contribution in [2.24, 2.45) is 5.73 Å². The number of ether oxygens (including phenoxy) is 1. The first-order valence-corrected chi connectivity index (χ1v) is 7.59. The molecule has 0 bridgehead atoms. The summed E-state index contributed by atoms with van der Waals surface area (Å²) in [6.07, 6.45) is -5.38. The van der Waals surface area contributed by atoms with Gasteiger partial charge in [-0.2, -0.15) is 13.2 Å². The number of aryl methyl sites for hydroxylation is 1. The zero-order chi connectivity index (χ0) is 16.8. The molecule has 0 aliphatic carbocycles. The molecule has 1 unspecified atom stereocenters. The minimum Gasteiger partial charge on any atom is -0.461 e. The van der Waals surface area contributed by atoms with Gasteiger partial charge in [0.05, 0.1) is 16.0 Å². The maximum Gasteiger partial charge on any atom is 0.416 e. The van der Waals surface area contributed by atoms with Crippen LogP contribution in [0.2, 0.25) is 0 Å². The number of halogens is 3. The molecule has 1 aromatic heterocycles. The first kappa shape index (κ1) is 15.6. The third-order valence-electron chi connectivity index (χ3n) is 3.61. The predicted octanol–water partition coefficient (Wildman–Crippen LogP) is 4.04. The minimum absolute atomic E-state index is 0.00565. The second-order valence-electron chi connectivity index (χ2n) is 5.14. The molecule has 1 aliphatic rings. The summed E-state index contributed by atoms with van der Waals surface area (Å²) in [5, 5.41) is 1.79. The number of hydrogen-bond acceptors (Lipinski definition) is 4. The molecule has 3 rings (SSSR count). The first-order valence-electron chi connectivity index (χ1n) is 6.71. The third-order valence-corrected chi connectivity index (χ3v) is 4.52. The van der Waals surface area contributed by atoms with E-state index in [1.807, 2.05) is 0 Å².